The third-order valence-electron chi connectivity index (χ3n) is 3.17. The summed E-state index contributed by atoms with van der Waals surface area (Å²) in [6, 6.07) is 2.52. The SMILES string of the molecule is CCNC(C)CCCCn1c(C)cc(C)nc1=O. The molecule has 0 fully saturated rings. The molecule has 0 amide bonds. The average molecular weight is 251 g/mol. The normalized spacial score (nSPS) is 12.7. The molecule has 0 spiro atoms. The summed E-state index contributed by atoms with van der Waals surface area (Å²) in [7, 11) is 0. The van der Waals surface area contributed by atoms with Crippen LogP contribution >= 0.6 is 0 Å². The van der Waals surface area contributed by atoms with Gasteiger partial charge in [-0.3, -0.25) is 4.57 Å². The number of aryl methyl sites for hydroxylation is 2. The van der Waals surface area contributed by atoms with Crippen LogP contribution in [0.4, 0.5) is 0 Å². The number of unbranched alkanes of at least 4 members (excludes halogenated alkanes) is 1. The summed E-state index contributed by atoms with van der Waals surface area (Å²) in [6.07, 6.45) is 3.32. The minimum atomic E-state index is -0.118. The van der Waals surface area contributed by atoms with Gasteiger partial charge in [0.1, 0.15) is 0 Å². The van der Waals surface area contributed by atoms with Gasteiger partial charge in [0.15, 0.2) is 0 Å². The zero-order chi connectivity index (χ0) is 13.5. The predicted molar refractivity (Wildman–Crippen MR) is 75.0 cm³/mol. The first kappa shape index (κ1) is 14.9. The van der Waals surface area contributed by atoms with Gasteiger partial charge in [-0.1, -0.05) is 13.3 Å². The highest BCUT2D eigenvalue weighted by atomic mass is 16.1. The van der Waals surface area contributed by atoms with E-state index in [9.17, 15) is 4.79 Å². The molecule has 0 aliphatic carbocycles. The van der Waals surface area contributed by atoms with Crippen LogP contribution in [-0.2, 0) is 6.54 Å². The van der Waals surface area contributed by atoms with Crippen molar-refractivity contribution in [2.24, 2.45) is 0 Å². The molecule has 1 atom stereocenters. The number of rotatable bonds is 7. The Hall–Kier alpha value is -1.16. The number of nitrogens with one attached hydrogen (secondary N) is 1. The van der Waals surface area contributed by atoms with Crippen molar-refractivity contribution in [3.8, 4) is 0 Å². The number of hydrogen-bond acceptors (Lipinski definition) is 3. The highest BCUT2D eigenvalue weighted by Gasteiger charge is 2.03. The van der Waals surface area contributed by atoms with Gasteiger partial charge in [-0.05, 0) is 46.2 Å². The van der Waals surface area contributed by atoms with E-state index in [1.165, 1.54) is 0 Å². The molecule has 4 heteroatoms. The first-order chi connectivity index (χ1) is 8.54. The Morgan fingerprint density at radius 2 is 2.11 bits per heavy atom. The van der Waals surface area contributed by atoms with E-state index in [-0.39, 0.29) is 5.69 Å². The molecular formula is C14H25N3O. The van der Waals surface area contributed by atoms with Gasteiger partial charge in [0.2, 0.25) is 0 Å². The minimum Gasteiger partial charge on any atom is -0.315 e. The molecule has 1 aromatic heterocycles. The van der Waals surface area contributed by atoms with Gasteiger partial charge in [-0.2, -0.15) is 4.98 Å². The second kappa shape index (κ2) is 7.31. The molecule has 102 valence electrons. The zero-order valence-electron chi connectivity index (χ0n) is 12.0. The van der Waals surface area contributed by atoms with Crippen LogP contribution in [0.15, 0.2) is 10.9 Å². The van der Waals surface area contributed by atoms with E-state index in [4.69, 9.17) is 0 Å². The van der Waals surface area contributed by atoms with Crippen molar-refractivity contribution in [1.29, 1.82) is 0 Å². The van der Waals surface area contributed by atoms with E-state index in [0.29, 0.717) is 6.04 Å². The quantitative estimate of drug-likeness (QED) is 0.754. The number of aromatic nitrogens is 2. The average Bonchev–Trinajstić information content (AvgIpc) is 2.27. The molecule has 0 aliphatic heterocycles. The summed E-state index contributed by atoms with van der Waals surface area (Å²) in [5, 5.41) is 3.39. The van der Waals surface area contributed by atoms with Crippen molar-refractivity contribution in [3.05, 3.63) is 27.9 Å². The molecule has 1 heterocycles. The molecule has 0 saturated heterocycles. The van der Waals surface area contributed by atoms with E-state index in [0.717, 1.165) is 43.7 Å². The summed E-state index contributed by atoms with van der Waals surface area (Å²) in [4.78, 5) is 15.7. The lowest BCUT2D eigenvalue weighted by Crippen LogP contribution is -2.27. The van der Waals surface area contributed by atoms with Crippen LogP contribution in [0.3, 0.4) is 0 Å². The number of nitrogens with zero attached hydrogens (tertiary/aromatic N) is 2. The molecule has 0 bridgehead atoms. The first-order valence-electron chi connectivity index (χ1n) is 6.83. The molecule has 0 aliphatic rings. The lowest BCUT2D eigenvalue weighted by molar-refractivity contribution is 0.478. The third kappa shape index (κ3) is 4.61. The molecule has 1 N–H and O–H groups in total. The Morgan fingerprint density at radius 1 is 1.39 bits per heavy atom. The maximum absolute atomic E-state index is 11.7. The fraction of sp³-hybridized carbons (Fsp3) is 0.714. The Balaban J connectivity index is 2.43. The molecule has 0 radical (unpaired) electrons. The van der Waals surface area contributed by atoms with Crippen LogP contribution in [0.5, 0.6) is 0 Å². The molecule has 1 unspecified atom stereocenters. The largest absolute Gasteiger partial charge is 0.347 e. The molecule has 18 heavy (non-hydrogen) atoms. The lowest BCUT2D eigenvalue weighted by atomic mass is 10.1. The molecule has 0 aromatic carbocycles. The summed E-state index contributed by atoms with van der Waals surface area (Å²) in [5.74, 6) is 0. The van der Waals surface area contributed by atoms with E-state index in [1.807, 2.05) is 19.9 Å². The summed E-state index contributed by atoms with van der Waals surface area (Å²) in [5.41, 5.74) is 1.69. The maximum Gasteiger partial charge on any atom is 0.347 e. The van der Waals surface area contributed by atoms with E-state index in [1.54, 1.807) is 4.57 Å². The second-order valence-corrected chi connectivity index (χ2v) is 4.93. The van der Waals surface area contributed by atoms with Crippen LogP contribution in [0, 0.1) is 13.8 Å². The third-order valence-corrected chi connectivity index (χ3v) is 3.17. The fourth-order valence-electron chi connectivity index (χ4n) is 2.22. The molecule has 0 saturated carbocycles. The van der Waals surface area contributed by atoms with Gasteiger partial charge in [-0.15, -0.1) is 0 Å². The van der Waals surface area contributed by atoms with Crippen LogP contribution in [0.1, 0.15) is 44.5 Å². The van der Waals surface area contributed by atoms with E-state index >= 15 is 0 Å². The number of hydrogen-bond donors (Lipinski definition) is 1. The monoisotopic (exact) mass is 251 g/mol. The van der Waals surface area contributed by atoms with Crippen molar-refractivity contribution < 1.29 is 0 Å². The lowest BCUT2D eigenvalue weighted by Gasteiger charge is -2.13. The van der Waals surface area contributed by atoms with Crippen LogP contribution < -0.4 is 11.0 Å². The molecular weight excluding hydrogens is 226 g/mol. The predicted octanol–water partition coefficient (Wildman–Crippen LogP) is 2.03. The Kier molecular flexibility index (Phi) is 6.05. The van der Waals surface area contributed by atoms with E-state index < -0.39 is 0 Å². The Bertz CT molecular complexity index is 426. The first-order valence-corrected chi connectivity index (χ1v) is 6.83. The van der Waals surface area contributed by atoms with Crippen molar-refractivity contribution >= 4 is 0 Å². The van der Waals surface area contributed by atoms with Gasteiger partial charge >= 0.3 is 5.69 Å². The molecule has 1 rings (SSSR count). The summed E-state index contributed by atoms with van der Waals surface area (Å²) >= 11 is 0. The summed E-state index contributed by atoms with van der Waals surface area (Å²) in [6.45, 7) is 9.94. The van der Waals surface area contributed by atoms with Gasteiger partial charge in [0.05, 0.1) is 0 Å². The van der Waals surface area contributed by atoms with Crippen LogP contribution in [0.25, 0.3) is 0 Å². The maximum atomic E-state index is 11.7. The Labute approximate surface area is 109 Å². The minimum absolute atomic E-state index is 0.118. The van der Waals surface area contributed by atoms with Gasteiger partial charge in [-0.25, -0.2) is 4.79 Å². The summed E-state index contributed by atoms with van der Waals surface area (Å²) < 4.78 is 1.77. The van der Waals surface area contributed by atoms with Crippen molar-refractivity contribution in [3.63, 3.8) is 0 Å². The topological polar surface area (TPSA) is 46.9 Å². The van der Waals surface area contributed by atoms with Gasteiger partial charge in [0.25, 0.3) is 0 Å². The van der Waals surface area contributed by atoms with Crippen molar-refractivity contribution in [2.45, 2.75) is 59.5 Å². The second-order valence-electron chi connectivity index (χ2n) is 4.93. The fourth-order valence-corrected chi connectivity index (χ4v) is 2.22. The van der Waals surface area contributed by atoms with Gasteiger partial charge < -0.3 is 5.32 Å². The van der Waals surface area contributed by atoms with Crippen molar-refractivity contribution in [1.82, 2.24) is 14.9 Å². The van der Waals surface area contributed by atoms with Crippen LogP contribution in [0.2, 0.25) is 0 Å². The standard InChI is InChI=1S/C14H25N3O/c1-5-15-11(2)8-6-7-9-17-13(4)10-12(3)16-14(17)18/h10-11,15H,5-9H2,1-4H3. The molecule has 4 nitrogen and oxygen atoms in total. The van der Waals surface area contributed by atoms with E-state index in [2.05, 4.69) is 24.1 Å². The highest BCUT2D eigenvalue weighted by molar-refractivity contribution is 5.06. The highest BCUT2D eigenvalue weighted by Crippen LogP contribution is 2.04. The van der Waals surface area contributed by atoms with Crippen LogP contribution in [-0.4, -0.2) is 22.1 Å². The molecule has 1 aromatic rings. The van der Waals surface area contributed by atoms with Crippen molar-refractivity contribution in [2.75, 3.05) is 6.54 Å². The Morgan fingerprint density at radius 3 is 2.72 bits per heavy atom. The smallest absolute Gasteiger partial charge is 0.315 e. The zero-order valence-corrected chi connectivity index (χ0v) is 12.0. The van der Waals surface area contributed by atoms with Gasteiger partial charge in [0, 0.05) is 24.0 Å².